The lowest BCUT2D eigenvalue weighted by molar-refractivity contribution is 0.0699. The minimum atomic E-state index is -0.996. The number of aromatic nitrogens is 1. The number of aromatic carboxylic acids is 1. The van der Waals surface area contributed by atoms with E-state index >= 15 is 0 Å². The number of benzene rings is 2. The molecule has 0 amide bonds. The van der Waals surface area contributed by atoms with Crippen LogP contribution in [-0.2, 0) is 6.42 Å². The summed E-state index contributed by atoms with van der Waals surface area (Å²) in [7, 11) is 0. The molecule has 3 rings (SSSR count). The predicted molar refractivity (Wildman–Crippen MR) is 83.5 cm³/mol. The van der Waals surface area contributed by atoms with Crippen molar-refractivity contribution in [2.24, 2.45) is 0 Å². The Labute approximate surface area is 127 Å². The fraction of sp³-hybridized carbons (Fsp3) is 0.111. The second-order valence-corrected chi connectivity index (χ2v) is 5.07. The molecule has 0 bridgehead atoms. The molecule has 0 spiro atoms. The number of halogens is 1. The second kappa shape index (κ2) is 5.56. The average molecular weight is 295 g/mol. The van der Waals surface area contributed by atoms with Crippen molar-refractivity contribution in [2.45, 2.75) is 13.3 Å². The molecule has 0 aliphatic rings. The minimum absolute atomic E-state index is 0.208. The largest absolute Gasteiger partial charge is 0.478 e. The molecule has 2 aromatic carbocycles. The van der Waals surface area contributed by atoms with E-state index in [0.29, 0.717) is 22.2 Å². The Kier molecular flexibility index (Phi) is 3.59. The van der Waals surface area contributed by atoms with Gasteiger partial charge in [-0.05, 0) is 54.4 Å². The lowest BCUT2D eigenvalue weighted by Crippen LogP contribution is -2.01. The molecule has 110 valence electrons. The van der Waals surface area contributed by atoms with Gasteiger partial charge in [-0.15, -0.1) is 0 Å². The van der Waals surface area contributed by atoms with Gasteiger partial charge in [0.2, 0.25) is 0 Å². The quantitative estimate of drug-likeness (QED) is 0.783. The fourth-order valence-electron chi connectivity index (χ4n) is 2.44. The van der Waals surface area contributed by atoms with Crippen molar-refractivity contribution >= 4 is 16.9 Å². The molecule has 1 aromatic heterocycles. The SMILES string of the molecule is CCc1ccc2nc(-c3ccc(F)cc3)cc(C(=O)O)c2c1. The van der Waals surface area contributed by atoms with Crippen molar-refractivity contribution in [1.82, 2.24) is 4.98 Å². The first kappa shape index (κ1) is 14.2. The van der Waals surface area contributed by atoms with E-state index in [2.05, 4.69) is 4.98 Å². The number of hydrogen-bond donors (Lipinski definition) is 1. The highest BCUT2D eigenvalue weighted by atomic mass is 19.1. The number of rotatable bonds is 3. The molecule has 3 nitrogen and oxygen atoms in total. The van der Waals surface area contributed by atoms with E-state index in [9.17, 15) is 14.3 Å². The zero-order valence-electron chi connectivity index (χ0n) is 12.0. The molecule has 0 aliphatic heterocycles. The molecule has 0 atom stereocenters. The highest BCUT2D eigenvalue weighted by molar-refractivity contribution is 6.04. The Morgan fingerprint density at radius 2 is 1.86 bits per heavy atom. The van der Waals surface area contributed by atoms with Gasteiger partial charge in [0.05, 0.1) is 16.8 Å². The van der Waals surface area contributed by atoms with Gasteiger partial charge in [0.1, 0.15) is 5.82 Å². The van der Waals surface area contributed by atoms with Crippen LogP contribution in [0.25, 0.3) is 22.2 Å². The van der Waals surface area contributed by atoms with Crippen molar-refractivity contribution in [2.75, 3.05) is 0 Å². The van der Waals surface area contributed by atoms with Crippen LogP contribution in [0.2, 0.25) is 0 Å². The summed E-state index contributed by atoms with van der Waals surface area (Å²) < 4.78 is 13.0. The van der Waals surface area contributed by atoms with Crippen LogP contribution in [0.5, 0.6) is 0 Å². The Balaban J connectivity index is 2.25. The van der Waals surface area contributed by atoms with Crippen LogP contribution in [0.1, 0.15) is 22.8 Å². The first-order valence-electron chi connectivity index (χ1n) is 7.01. The number of carboxylic acids is 1. The Bertz CT molecular complexity index is 857. The number of nitrogens with zero attached hydrogens (tertiary/aromatic N) is 1. The number of pyridine rings is 1. The zero-order valence-corrected chi connectivity index (χ0v) is 12.0. The van der Waals surface area contributed by atoms with Gasteiger partial charge in [0.25, 0.3) is 0 Å². The lowest BCUT2D eigenvalue weighted by Gasteiger charge is -2.08. The second-order valence-electron chi connectivity index (χ2n) is 5.07. The molecule has 22 heavy (non-hydrogen) atoms. The van der Waals surface area contributed by atoms with Crippen molar-refractivity contribution in [1.29, 1.82) is 0 Å². The van der Waals surface area contributed by atoms with Gasteiger partial charge in [-0.3, -0.25) is 0 Å². The van der Waals surface area contributed by atoms with Crippen molar-refractivity contribution in [3.8, 4) is 11.3 Å². The summed E-state index contributed by atoms with van der Waals surface area (Å²) in [5.41, 5.74) is 3.10. The average Bonchev–Trinajstić information content (AvgIpc) is 2.53. The maximum Gasteiger partial charge on any atom is 0.336 e. The molecule has 0 radical (unpaired) electrons. The van der Waals surface area contributed by atoms with E-state index in [1.807, 2.05) is 25.1 Å². The highest BCUT2D eigenvalue weighted by Crippen LogP contribution is 2.26. The summed E-state index contributed by atoms with van der Waals surface area (Å²) in [6.07, 6.45) is 0.828. The molecule has 0 unspecified atom stereocenters. The smallest absolute Gasteiger partial charge is 0.336 e. The summed E-state index contributed by atoms with van der Waals surface area (Å²) in [5, 5.41) is 10.1. The topological polar surface area (TPSA) is 50.2 Å². The number of aryl methyl sites for hydroxylation is 1. The molecule has 1 N–H and O–H groups in total. The third-order valence-electron chi connectivity index (χ3n) is 3.65. The summed E-state index contributed by atoms with van der Waals surface area (Å²) in [6.45, 7) is 2.02. The van der Waals surface area contributed by atoms with Crippen LogP contribution >= 0.6 is 0 Å². The zero-order chi connectivity index (χ0) is 15.7. The van der Waals surface area contributed by atoms with E-state index in [0.717, 1.165) is 12.0 Å². The minimum Gasteiger partial charge on any atom is -0.478 e. The molecule has 3 aromatic rings. The van der Waals surface area contributed by atoms with E-state index < -0.39 is 5.97 Å². The molecule has 0 saturated heterocycles. The predicted octanol–water partition coefficient (Wildman–Crippen LogP) is 4.30. The van der Waals surface area contributed by atoms with Gasteiger partial charge in [-0.2, -0.15) is 0 Å². The Morgan fingerprint density at radius 3 is 2.50 bits per heavy atom. The van der Waals surface area contributed by atoms with Gasteiger partial charge in [-0.1, -0.05) is 13.0 Å². The summed E-state index contributed by atoms with van der Waals surface area (Å²) >= 11 is 0. The maximum atomic E-state index is 13.0. The Morgan fingerprint density at radius 1 is 1.14 bits per heavy atom. The molecule has 0 fully saturated rings. The third kappa shape index (κ3) is 2.55. The number of carboxylic acid groups (broad SMARTS) is 1. The van der Waals surface area contributed by atoms with Gasteiger partial charge in [-0.25, -0.2) is 14.2 Å². The van der Waals surface area contributed by atoms with Crippen molar-refractivity contribution in [3.63, 3.8) is 0 Å². The van der Waals surface area contributed by atoms with Crippen LogP contribution in [-0.4, -0.2) is 16.1 Å². The highest BCUT2D eigenvalue weighted by Gasteiger charge is 2.13. The number of hydrogen-bond acceptors (Lipinski definition) is 2. The van der Waals surface area contributed by atoms with Gasteiger partial charge < -0.3 is 5.11 Å². The monoisotopic (exact) mass is 295 g/mol. The lowest BCUT2D eigenvalue weighted by atomic mass is 10.0. The fourth-order valence-corrected chi connectivity index (χ4v) is 2.44. The van der Waals surface area contributed by atoms with Crippen LogP contribution in [0, 0.1) is 5.82 Å². The molecule has 1 heterocycles. The number of carbonyl (C=O) groups is 1. The van der Waals surface area contributed by atoms with Gasteiger partial charge in [0, 0.05) is 10.9 Å². The first-order valence-corrected chi connectivity index (χ1v) is 7.01. The molecule has 0 aliphatic carbocycles. The van der Waals surface area contributed by atoms with E-state index in [1.54, 1.807) is 12.1 Å². The third-order valence-corrected chi connectivity index (χ3v) is 3.65. The van der Waals surface area contributed by atoms with Crippen LogP contribution in [0.4, 0.5) is 4.39 Å². The van der Waals surface area contributed by atoms with Crippen LogP contribution in [0.15, 0.2) is 48.5 Å². The van der Waals surface area contributed by atoms with Crippen molar-refractivity contribution in [3.05, 3.63) is 65.5 Å². The maximum absolute atomic E-state index is 13.0. The molecule has 0 saturated carbocycles. The molecule has 4 heteroatoms. The van der Waals surface area contributed by atoms with E-state index in [-0.39, 0.29) is 11.4 Å². The van der Waals surface area contributed by atoms with E-state index in [1.165, 1.54) is 18.2 Å². The van der Waals surface area contributed by atoms with Gasteiger partial charge in [0.15, 0.2) is 0 Å². The van der Waals surface area contributed by atoms with Crippen LogP contribution in [0.3, 0.4) is 0 Å². The first-order chi connectivity index (χ1) is 10.6. The number of fused-ring (bicyclic) bond motifs is 1. The normalized spacial score (nSPS) is 10.8. The summed E-state index contributed by atoms with van der Waals surface area (Å²) in [4.78, 5) is 16.1. The van der Waals surface area contributed by atoms with Crippen molar-refractivity contribution < 1.29 is 14.3 Å². The van der Waals surface area contributed by atoms with E-state index in [4.69, 9.17) is 0 Å². The Hall–Kier alpha value is -2.75. The van der Waals surface area contributed by atoms with Crippen LogP contribution < -0.4 is 0 Å². The summed E-state index contributed by atoms with van der Waals surface area (Å²) in [5.74, 6) is -1.33. The molecular formula is C18H14FNO2. The standard InChI is InChI=1S/C18H14FNO2/c1-2-11-3-8-16-14(9-11)15(18(21)22)10-17(20-16)12-4-6-13(19)7-5-12/h3-10H,2H2,1H3,(H,21,22). The summed E-state index contributed by atoms with van der Waals surface area (Å²) in [6, 6.07) is 13.0. The molecular weight excluding hydrogens is 281 g/mol. The van der Waals surface area contributed by atoms with Gasteiger partial charge >= 0.3 is 5.97 Å².